The van der Waals surface area contributed by atoms with Crippen LogP contribution in [0.5, 0.6) is 0 Å². The Morgan fingerprint density at radius 3 is 2.52 bits per heavy atom. The van der Waals surface area contributed by atoms with Gasteiger partial charge in [-0.2, -0.15) is 0 Å². The number of carbonyl (C=O) groups excluding carboxylic acids is 2. The molecule has 1 aromatic heterocycles. The van der Waals surface area contributed by atoms with Crippen LogP contribution in [0, 0.1) is 0 Å². The first kappa shape index (κ1) is 14.5. The Kier molecular flexibility index (Phi) is 4.87. The molecule has 0 radical (unpaired) electrons. The zero-order valence-corrected chi connectivity index (χ0v) is 11.3. The third-order valence-electron chi connectivity index (χ3n) is 2.81. The van der Waals surface area contributed by atoms with E-state index >= 15 is 0 Å². The van der Waals surface area contributed by atoms with Gasteiger partial charge in [-0.1, -0.05) is 30.3 Å². The normalized spacial score (nSPS) is 9.90. The van der Waals surface area contributed by atoms with Crippen LogP contribution < -0.4 is 16.1 Å². The molecule has 0 aliphatic heterocycles. The van der Waals surface area contributed by atoms with Gasteiger partial charge in [-0.05, 0) is 5.56 Å². The van der Waals surface area contributed by atoms with Crippen molar-refractivity contribution in [2.24, 2.45) is 0 Å². The lowest BCUT2D eigenvalue weighted by molar-refractivity contribution is -0.120. The Balaban J connectivity index is 1.80. The first-order chi connectivity index (χ1) is 10.2. The number of H-pyrrole nitrogens is 1. The number of rotatable bonds is 5. The first-order valence-electron chi connectivity index (χ1n) is 6.43. The van der Waals surface area contributed by atoms with Crippen LogP contribution in [0.25, 0.3) is 0 Å². The van der Waals surface area contributed by atoms with E-state index < -0.39 is 11.3 Å². The van der Waals surface area contributed by atoms with Gasteiger partial charge in [-0.25, -0.2) is 0 Å². The number of aromatic amines is 1. The van der Waals surface area contributed by atoms with E-state index in [1.807, 2.05) is 30.3 Å². The molecular formula is C15H15N3O3. The van der Waals surface area contributed by atoms with E-state index in [-0.39, 0.29) is 18.0 Å². The lowest BCUT2D eigenvalue weighted by Gasteiger charge is -2.06. The van der Waals surface area contributed by atoms with Gasteiger partial charge in [0.15, 0.2) is 5.43 Å². The van der Waals surface area contributed by atoms with Crippen molar-refractivity contribution in [2.45, 2.75) is 6.54 Å². The summed E-state index contributed by atoms with van der Waals surface area (Å²) in [6.45, 7) is 0.210. The SMILES string of the molecule is O=C(CNC(=O)c1c[nH]ccc1=O)NCc1ccccc1. The maximum absolute atomic E-state index is 11.7. The largest absolute Gasteiger partial charge is 0.367 e. The third kappa shape index (κ3) is 4.31. The molecule has 0 bridgehead atoms. The van der Waals surface area contributed by atoms with Gasteiger partial charge < -0.3 is 15.6 Å². The molecule has 0 saturated carbocycles. The maximum atomic E-state index is 11.7. The number of nitrogens with one attached hydrogen (secondary N) is 3. The van der Waals surface area contributed by atoms with Crippen LogP contribution in [-0.4, -0.2) is 23.3 Å². The number of hydrogen-bond acceptors (Lipinski definition) is 3. The Morgan fingerprint density at radius 1 is 1.05 bits per heavy atom. The van der Waals surface area contributed by atoms with Crippen LogP contribution in [0.15, 0.2) is 53.6 Å². The summed E-state index contributed by atoms with van der Waals surface area (Å²) in [5.41, 5.74) is 0.556. The Morgan fingerprint density at radius 2 is 1.81 bits per heavy atom. The summed E-state index contributed by atoms with van der Waals surface area (Å²) < 4.78 is 0. The quantitative estimate of drug-likeness (QED) is 0.743. The average Bonchev–Trinajstić information content (AvgIpc) is 2.52. The maximum Gasteiger partial charge on any atom is 0.257 e. The molecule has 21 heavy (non-hydrogen) atoms. The number of amides is 2. The van der Waals surface area contributed by atoms with Gasteiger partial charge in [0.2, 0.25) is 5.91 Å². The predicted molar refractivity (Wildman–Crippen MR) is 77.7 cm³/mol. The number of aromatic nitrogens is 1. The van der Waals surface area contributed by atoms with Crippen molar-refractivity contribution in [3.63, 3.8) is 0 Å². The van der Waals surface area contributed by atoms with Gasteiger partial charge in [0.1, 0.15) is 5.56 Å². The summed E-state index contributed by atoms with van der Waals surface area (Å²) in [5.74, 6) is -0.897. The zero-order valence-electron chi connectivity index (χ0n) is 11.3. The van der Waals surface area contributed by atoms with E-state index in [1.54, 1.807) is 0 Å². The van der Waals surface area contributed by atoms with Gasteiger partial charge in [0.25, 0.3) is 5.91 Å². The molecule has 0 atom stereocenters. The second kappa shape index (κ2) is 7.04. The van der Waals surface area contributed by atoms with Gasteiger partial charge in [-0.3, -0.25) is 14.4 Å². The fourth-order valence-corrected chi connectivity index (χ4v) is 1.71. The van der Waals surface area contributed by atoms with Crippen molar-refractivity contribution in [3.8, 4) is 0 Å². The molecule has 1 heterocycles. The summed E-state index contributed by atoms with van der Waals surface area (Å²) in [6, 6.07) is 10.7. The van der Waals surface area contributed by atoms with Gasteiger partial charge in [0.05, 0.1) is 6.54 Å². The molecule has 0 aliphatic rings. The molecule has 0 unspecified atom stereocenters. The smallest absolute Gasteiger partial charge is 0.257 e. The molecule has 0 saturated heterocycles. The van der Waals surface area contributed by atoms with Crippen molar-refractivity contribution in [2.75, 3.05) is 6.54 Å². The van der Waals surface area contributed by atoms with Crippen LogP contribution in [0.4, 0.5) is 0 Å². The molecule has 1 aromatic carbocycles. The standard InChI is InChI=1S/C15H15N3O3/c19-13-6-7-16-9-12(13)15(21)18-10-14(20)17-8-11-4-2-1-3-5-11/h1-7,9H,8,10H2,(H,16,19)(H,17,20)(H,18,21). The Labute approximate surface area is 121 Å². The van der Waals surface area contributed by atoms with E-state index in [0.29, 0.717) is 6.54 Å². The minimum absolute atomic E-state index is 0.0200. The Hall–Kier alpha value is -2.89. The van der Waals surface area contributed by atoms with E-state index in [0.717, 1.165) is 5.56 Å². The van der Waals surface area contributed by atoms with E-state index in [1.165, 1.54) is 18.5 Å². The van der Waals surface area contributed by atoms with Crippen LogP contribution in [0.2, 0.25) is 0 Å². The minimum Gasteiger partial charge on any atom is -0.367 e. The summed E-state index contributed by atoms with van der Waals surface area (Å²) in [4.78, 5) is 37.4. The molecule has 0 aliphatic carbocycles. The number of carbonyl (C=O) groups is 2. The summed E-state index contributed by atoms with van der Waals surface area (Å²) in [7, 11) is 0. The molecule has 2 rings (SSSR count). The third-order valence-corrected chi connectivity index (χ3v) is 2.81. The van der Waals surface area contributed by atoms with Crippen LogP contribution >= 0.6 is 0 Å². The van der Waals surface area contributed by atoms with Crippen LogP contribution in [0.3, 0.4) is 0 Å². The highest BCUT2D eigenvalue weighted by Gasteiger charge is 2.10. The zero-order chi connectivity index (χ0) is 15.1. The van der Waals surface area contributed by atoms with Crippen molar-refractivity contribution < 1.29 is 9.59 Å². The average molecular weight is 285 g/mol. The molecular weight excluding hydrogens is 270 g/mol. The second-order valence-electron chi connectivity index (χ2n) is 4.37. The lowest BCUT2D eigenvalue weighted by Crippen LogP contribution is -2.38. The number of pyridine rings is 1. The molecule has 6 heteroatoms. The highest BCUT2D eigenvalue weighted by atomic mass is 16.2. The summed E-state index contributed by atoms with van der Waals surface area (Å²) in [6.07, 6.45) is 2.74. The fraction of sp³-hybridized carbons (Fsp3) is 0.133. The van der Waals surface area contributed by atoms with Crippen LogP contribution in [0.1, 0.15) is 15.9 Å². The van der Waals surface area contributed by atoms with Crippen LogP contribution in [-0.2, 0) is 11.3 Å². The van der Waals surface area contributed by atoms with Gasteiger partial charge in [0, 0.05) is 25.0 Å². The topological polar surface area (TPSA) is 91.1 Å². The Bertz CT molecular complexity index is 680. The van der Waals surface area contributed by atoms with Crippen molar-refractivity contribution >= 4 is 11.8 Å². The summed E-state index contributed by atoms with van der Waals surface area (Å²) in [5, 5.41) is 5.09. The van der Waals surface area contributed by atoms with Gasteiger partial charge in [-0.15, -0.1) is 0 Å². The number of benzene rings is 1. The fourth-order valence-electron chi connectivity index (χ4n) is 1.71. The van der Waals surface area contributed by atoms with E-state index in [2.05, 4.69) is 15.6 Å². The lowest BCUT2D eigenvalue weighted by atomic mass is 10.2. The van der Waals surface area contributed by atoms with Crippen molar-refractivity contribution in [3.05, 3.63) is 70.1 Å². The molecule has 2 amide bonds. The summed E-state index contributed by atoms with van der Waals surface area (Å²) >= 11 is 0. The van der Waals surface area contributed by atoms with Gasteiger partial charge >= 0.3 is 0 Å². The first-order valence-corrected chi connectivity index (χ1v) is 6.43. The monoisotopic (exact) mass is 285 g/mol. The molecule has 3 N–H and O–H groups in total. The van der Waals surface area contributed by atoms with E-state index in [9.17, 15) is 14.4 Å². The minimum atomic E-state index is -0.577. The molecule has 2 aromatic rings. The van der Waals surface area contributed by atoms with E-state index in [4.69, 9.17) is 0 Å². The second-order valence-corrected chi connectivity index (χ2v) is 4.37. The molecule has 0 fully saturated rings. The number of hydrogen-bond donors (Lipinski definition) is 3. The van der Waals surface area contributed by atoms with Crippen molar-refractivity contribution in [1.82, 2.24) is 15.6 Å². The highest BCUT2D eigenvalue weighted by Crippen LogP contribution is 1.96. The molecule has 6 nitrogen and oxygen atoms in total. The predicted octanol–water partition coefficient (Wildman–Crippen LogP) is 0.421. The molecule has 0 spiro atoms. The highest BCUT2D eigenvalue weighted by molar-refractivity contribution is 5.96. The molecule has 108 valence electrons. The van der Waals surface area contributed by atoms with Crippen molar-refractivity contribution in [1.29, 1.82) is 0 Å².